The Morgan fingerprint density at radius 2 is 1.72 bits per heavy atom. The summed E-state index contributed by atoms with van der Waals surface area (Å²) in [5.41, 5.74) is 3.51. The number of benzene rings is 2. The second kappa shape index (κ2) is 7.02. The molecule has 0 aliphatic rings. The molecule has 3 aromatic rings. The van der Waals surface area contributed by atoms with Gasteiger partial charge in [-0.05, 0) is 31.5 Å². The van der Waals surface area contributed by atoms with Gasteiger partial charge in [-0.25, -0.2) is 12.4 Å². The van der Waals surface area contributed by atoms with Crippen LogP contribution >= 0.6 is 0 Å². The Balaban J connectivity index is 2.34. The van der Waals surface area contributed by atoms with Crippen molar-refractivity contribution in [2.24, 2.45) is 0 Å². The number of rotatable bonds is 6. The molecule has 3 rings (SSSR count). The van der Waals surface area contributed by atoms with Gasteiger partial charge in [0.15, 0.2) is 0 Å². The first kappa shape index (κ1) is 17.7. The Morgan fingerprint density at radius 1 is 1.04 bits per heavy atom. The fourth-order valence-corrected chi connectivity index (χ4v) is 4.81. The molecule has 0 aliphatic carbocycles. The summed E-state index contributed by atoms with van der Waals surface area (Å²) in [4.78, 5) is 0.306. The van der Waals surface area contributed by atoms with Crippen molar-refractivity contribution in [1.82, 2.24) is 3.97 Å². The molecule has 0 atom stereocenters. The highest BCUT2D eigenvalue weighted by Gasteiger charge is 2.26. The van der Waals surface area contributed by atoms with Gasteiger partial charge in [0, 0.05) is 23.8 Å². The number of ether oxygens (including phenoxy) is 1. The van der Waals surface area contributed by atoms with Gasteiger partial charge < -0.3 is 4.74 Å². The number of nitrogens with zero attached hydrogens (tertiary/aromatic N) is 1. The fraction of sp³-hybridized carbons (Fsp3) is 0.300. The number of aryl methyl sites for hydroxylation is 1. The lowest BCUT2D eigenvalue weighted by Crippen LogP contribution is -2.16. The topological polar surface area (TPSA) is 48.3 Å². The van der Waals surface area contributed by atoms with Crippen LogP contribution in [0.4, 0.5) is 0 Å². The van der Waals surface area contributed by atoms with Crippen molar-refractivity contribution in [3.8, 4) is 0 Å². The summed E-state index contributed by atoms with van der Waals surface area (Å²) >= 11 is 0. The highest BCUT2D eigenvalue weighted by molar-refractivity contribution is 7.90. The van der Waals surface area contributed by atoms with Crippen molar-refractivity contribution >= 4 is 20.9 Å². The largest absolute Gasteiger partial charge is 0.380 e. The van der Waals surface area contributed by atoms with Gasteiger partial charge in [-0.2, -0.15) is 0 Å². The predicted octanol–water partition coefficient (Wildman–Crippen LogP) is 4.29. The average molecular weight is 357 g/mol. The number of hydrogen-bond donors (Lipinski definition) is 0. The molecule has 0 aliphatic heterocycles. The van der Waals surface area contributed by atoms with Crippen molar-refractivity contribution in [3.63, 3.8) is 0 Å². The van der Waals surface area contributed by atoms with E-state index in [1.54, 1.807) is 19.2 Å². The molecule has 4 nitrogen and oxygen atoms in total. The fourth-order valence-electron chi connectivity index (χ4n) is 3.21. The molecule has 0 amide bonds. The SMILES string of the molecule is CCCc1c(COC)c2ccccc2n1S(=O)(=O)c1ccc(C)cc1. The van der Waals surface area contributed by atoms with Crippen LogP contribution < -0.4 is 0 Å². The summed E-state index contributed by atoms with van der Waals surface area (Å²) < 4.78 is 33.7. The molecule has 1 aromatic heterocycles. The molecule has 5 heteroatoms. The smallest absolute Gasteiger partial charge is 0.268 e. The van der Waals surface area contributed by atoms with Gasteiger partial charge in [0.1, 0.15) is 0 Å². The zero-order valence-corrected chi connectivity index (χ0v) is 15.6. The van der Waals surface area contributed by atoms with Crippen LogP contribution in [0.25, 0.3) is 10.9 Å². The second-order valence-electron chi connectivity index (χ2n) is 6.21. The Morgan fingerprint density at radius 3 is 2.36 bits per heavy atom. The van der Waals surface area contributed by atoms with Gasteiger partial charge >= 0.3 is 0 Å². The van der Waals surface area contributed by atoms with Gasteiger partial charge in [0.05, 0.1) is 17.0 Å². The molecule has 0 saturated heterocycles. The standard InChI is InChI=1S/C20H23NO3S/c1-4-7-19-18(14-24-3)17-8-5-6-9-20(17)21(19)25(22,23)16-12-10-15(2)11-13-16/h5-6,8-13H,4,7,14H2,1-3H3. The third kappa shape index (κ3) is 3.10. The van der Waals surface area contributed by atoms with Crippen LogP contribution in [0.15, 0.2) is 53.4 Å². The maximum Gasteiger partial charge on any atom is 0.268 e. The van der Waals surface area contributed by atoms with Gasteiger partial charge in [-0.15, -0.1) is 0 Å². The molecule has 0 fully saturated rings. The third-order valence-electron chi connectivity index (χ3n) is 4.38. The van der Waals surface area contributed by atoms with E-state index in [2.05, 4.69) is 6.92 Å². The highest BCUT2D eigenvalue weighted by Crippen LogP contribution is 2.31. The number of aromatic nitrogens is 1. The summed E-state index contributed by atoms with van der Waals surface area (Å²) in [6, 6.07) is 14.6. The highest BCUT2D eigenvalue weighted by atomic mass is 32.2. The zero-order chi connectivity index (χ0) is 18.0. The van der Waals surface area contributed by atoms with Gasteiger partial charge in [0.25, 0.3) is 10.0 Å². The number of para-hydroxylation sites is 1. The maximum atomic E-state index is 13.4. The first-order chi connectivity index (χ1) is 12.0. The molecule has 0 unspecified atom stereocenters. The summed E-state index contributed by atoms with van der Waals surface area (Å²) in [6.07, 6.45) is 1.54. The minimum absolute atomic E-state index is 0.306. The Kier molecular flexibility index (Phi) is 4.97. The zero-order valence-electron chi connectivity index (χ0n) is 14.8. The lowest BCUT2D eigenvalue weighted by molar-refractivity contribution is 0.185. The first-order valence-electron chi connectivity index (χ1n) is 8.43. The van der Waals surface area contributed by atoms with E-state index >= 15 is 0 Å². The van der Waals surface area contributed by atoms with E-state index < -0.39 is 10.0 Å². The van der Waals surface area contributed by atoms with Crippen LogP contribution in [0, 0.1) is 6.92 Å². The molecule has 25 heavy (non-hydrogen) atoms. The van der Waals surface area contributed by atoms with E-state index in [9.17, 15) is 8.42 Å². The van der Waals surface area contributed by atoms with Crippen LogP contribution in [-0.4, -0.2) is 19.5 Å². The molecular formula is C20H23NO3S. The third-order valence-corrected chi connectivity index (χ3v) is 6.14. The van der Waals surface area contributed by atoms with Gasteiger partial charge in [0.2, 0.25) is 0 Å². The summed E-state index contributed by atoms with van der Waals surface area (Å²) in [7, 11) is -2.04. The maximum absolute atomic E-state index is 13.4. The number of fused-ring (bicyclic) bond motifs is 1. The number of hydrogen-bond acceptors (Lipinski definition) is 3. The molecule has 132 valence electrons. The Hall–Kier alpha value is -2.11. The van der Waals surface area contributed by atoms with Crippen molar-refractivity contribution in [2.45, 2.75) is 38.2 Å². The first-order valence-corrected chi connectivity index (χ1v) is 9.87. The van der Waals surface area contributed by atoms with Crippen molar-refractivity contribution in [1.29, 1.82) is 0 Å². The molecule has 2 aromatic carbocycles. The van der Waals surface area contributed by atoms with Crippen LogP contribution in [0.1, 0.15) is 30.2 Å². The van der Waals surface area contributed by atoms with E-state index in [-0.39, 0.29) is 0 Å². The van der Waals surface area contributed by atoms with Crippen molar-refractivity contribution < 1.29 is 13.2 Å². The van der Waals surface area contributed by atoms with Gasteiger partial charge in [-0.3, -0.25) is 0 Å². The molecule has 0 spiro atoms. The monoisotopic (exact) mass is 357 g/mol. The van der Waals surface area contributed by atoms with Crippen LogP contribution in [-0.2, 0) is 27.8 Å². The van der Waals surface area contributed by atoms with E-state index in [1.165, 1.54) is 3.97 Å². The second-order valence-corrected chi connectivity index (χ2v) is 7.99. The molecule has 0 N–H and O–H groups in total. The lowest BCUT2D eigenvalue weighted by Gasteiger charge is -2.13. The quantitative estimate of drug-likeness (QED) is 0.661. The normalized spacial score (nSPS) is 12.0. The van der Waals surface area contributed by atoms with Crippen molar-refractivity contribution in [2.75, 3.05) is 7.11 Å². The molecule has 1 heterocycles. The van der Waals surface area contributed by atoms with Crippen molar-refractivity contribution in [3.05, 3.63) is 65.4 Å². The summed E-state index contributed by atoms with van der Waals surface area (Å²) in [6.45, 7) is 4.39. The summed E-state index contributed by atoms with van der Waals surface area (Å²) in [5, 5.41) is 0.934. The van der Waals surface area contributed by atoms with Gasteiger partial charge in [-0.1, -0.05) is 49.2 Å². The molecule has 0 radical (unpaired) electrons. The molecule has 0 saturated carbocycles. The Labute approximate surface area is 149 Å². The Bertz CT molecular complexity index is 986. The lowest BCUT2D eigenvalue weighted by atomic mass is 10.1. The van der Waals surface area contributed by atoms with E-state index in [0.29, 0.717) is 23.4 Å². The van der Waals surface area contributed by atoms with Crippen LogP contribution in [0.5, 0.6) is 0 Å². The number of methoxy groups -OCH3 is 1. The predicted molar refractivity (Wildman–Crippen MR) is 100 cm³/mol. The average Bonchev–Trinajstić information content (AvgIpc) is 2.90. The van der Waals surface area contributed by atoms with E-state index in [4.69, 9.17) is 4.74 Å². The van der Waals surface area contributed by atoms with Crippen LogP contribution in [0.3, 0.4) is 0 Å². The summed E-state index contributed by atoms with van der Waals surface area (Å²) in [5.74, 6) is 0. The van der Waals surface area contributed by atoms with E-state index in [1.807, 2.05) is 43.3 Å². The van der Waals surface area contributed by atoms with E-state index in [0.717, 1.165) is 28.6 Å². The van der Waals surface area contributed by atoms with Crippen LogP contribution in [0.2, 0.25) is 0 Å². The molecule has 0 bridgehead atoms. The minimum Gasteiger partial charge on any atom is -0.380 e. The molecular weight excluding hydrogens is 334 g/mol. The minimum atomic E-state index is -3.67.